The van der Waals surface area contributed by atoms with Crippen LogP contribution in [-0.2, 0) is 10.2 Å². The van der Waals surface area contributed by atoms with Crippen molar-refractivity contribution in [2.45, 2.75) is 32.2 Å². The van der Waals surface area contributed by atoms with Crippen molar-refractivity contribution in [1.82, 2.24) is 15.4 Å². The molecule has 0 radical (unpaired) electrons. The fourth-order valence-electron chi connectivity index (χ4n) is 4.11. The molecule has 0 saturated carbocycles. The second-order valence-corrected chi connectivity index (χ2v) is 9.55. The number of aromatic nitrogens is 1. The molecule has 7 nitrogen and oxygen atoms in total. The van der Waals surface area contributed by atoms with Crippen molar-refractivity contribution in [2.75, 3.05) is 40.0 Å². The van der Waals surface area contributed by atoms with Gasteiger partial charge in [-0.05, 0) is 40.8 Å². The minimum Gasteiger partial charge on any atom is -0.497 e. The van der Waals surface area contributed by atoms with E-state index in [9.17, 15) is 4.79 Å². The quantitative estimate of drug-likeness (QED) is 0.558. The van der Waals surface area contributed by atoms with Gasteiger partial charge >= 0.3 is 0 Å². The summed E-state index contributed by atoms with van der Waals surface area (Å²) < 4.78 is 16.2. The van der Waals surface area contributed by atoms with E-state index in [1.807, 2.05) is 24.3 Å². The summed E-state index contributed by atoms with van der Waals surface area (Å²) >= 11 is 0. The maximum Gasteiger partial charge on any atom is 0.273 e. The van der Waals surface area contributed by atoms with Gasteiger partial charge < -0.3 is 19.3 Å². The molecular formula is C27H33N3O4. The standard InChI is InChI=1S/C27H33N3O4/c1-27(2,3)21-9-5-19(6-10-21)24(30-13-15-33-16-14-30)18-28-26(31)23-17-25(34-29-23)20-7-11-22(32-4)12-8-20/h5-12,17,24H,13-16,18H2,1-4H3,(H,28,31)/t24-/m0/s1. The number of methoxy groups -OCH3 is 1. The first-order chi connectivity index (χ1) is 16.3. The van der Waals surface area contributed by atoms with Crippen LogP contribution in [0.4, 0.5) is 0 Å². The topological polar surface area (TPSA) is 76.8 Å². The largest absolute Gasteiger partial charge is 0.497 e. The Labute approximate surface area is 201 Å². The zero-order chi connectivity index (χ0) is 24.1. The van der Waals surface area contributed by atoms with Crippen molar-refractivity contribution in [2.24, 2.45) is 0 Å². The highest BCUT2D eigenvalue weighted by atomic mass is 16.5. The molecule has 1 aliphatic rings. The molecule has 2 heterocycles. The zero-order valence-electron chi connectivity index (χ0n) is 20.3. The van der Waals surface area contributed by atoms with Crippen LogP contribution in [0.3, 0.4) is 0 Å². The van der Waals surface area contributed by atoms with Gasteiger partial charge in [-0.25, -0.2) is 0 Å². The second kappa shape index (κ2) is 10.4. The van der Waals surface area contributed by atoms with E-state index in [4.69, 9.17) is 14.0 Å². The fraction of sp³-hybridized carbons (Fsp3) is 0.407. The highest BCUT2D eigenvalue weighted by Gasteiger charge is 2.25. The van der Waals surface area contributed by atoms with Crippen molar-refractivity contribution < 1.29 is 18.8 Å². The monoisotopic (exact) mass is 463 g/mol. The molecule has 1 aromatic heterocycles. The number of morpholine rings is 1. The third-order valence-corrected chi connectivity index (χ3v) is 6.22. The van der Waals surface area contributed by atoms with E-state index in [0.717, 1.165) is 24.4 Å². The molecule has 0 bridgehead atoms. The summed E-state index contributed by atoms with van der Waals surface area (Å²) in [7, 11) is 1.62. The van der Waals surface area contributed by atoms with Crippen LogP contribution in [0.2, 0.25) is 0 Å². The van der Waals surface area contributed by atoms with Gasteiger partial charge in [-0.2, -0.15) is 0 Å². The van der Waals surface area contributed by atoms with Gasteiger partial charge in [0.1, 0.15) is 5.75 Å². The predicted molar refractivity (Wildman–Crippen MR) is 131 cm³/mol. The van der Waals surface area contributed by atoms with E-state index < -0.39 is 0 Å². The normalized spacial score (nSPS) is 15.6. The molecule has 180 valence electrons. The summed E-state index contributed by atoms with van der Waals surface area (Å²) in [4.78, 5) is 15.3. The van der Waals surface area contributed by atoms with Crippen molar-refractivity contribution in [3.05, 3.63) is 71.4 Å². The minimum atomic E-state index is -0.256. The third-order valence-electron chi connectivity index (χ3n) is 6.22. The van der Waals surface area contributed by atoms with E-state index in [1.54, 1.807) is 13.2 Å². The molecule has 0 unspecified atom stereocenters. The van der Waals surface area contributed by atoms with Crippen LogP contribution in [0.25, 0.3) is 11.3 Å². The number of hydrogen-bond donors (Lipinski definition) is 1. The zero-order valence-corrected chi connectivity index (χ0v) is 20.3. The third kappa shape index (κ3) is 5.66. The van der Waals surface area contributed by atoms with E-state index in [1.165, 1.54) is 11.1 Å². The fourth-order valence-corrected chi connectivity index (χ4v) is 4.11. The molecule has 3 aromatic rings. The van der Waals surface area contributed by atoms with Gasteiger partial charge in [0.2, 0.25) is 0 Å². The summed E-state index contributed by atoms with van der Waals surface area (Å²) in [6.07, 6.45) is 0. The van der Waals surface area contributed by atoms with Crippen LogP contribution in [0, 0.1) is 0 Å². The SMILES string of the molecule is COc1ccc(-c2cc(C(=O)NC[C@@H](c3ccc(C(C)(C)C)cc3)N3CCOCC3)no2)cc1. The summed E-state index contributed by atoms with van der Waals surface area (Å²) in [6, 6.07) is 17.9. The average Bonchev–Trinajstić information content (AvgIpc) is 3.35. The molecular weight excluding hydrogens is 430 g/mol. The van der Waals surface area contributed by atoms with Gasteiger partial charge in [-0.15, -0.1) is 0 Å². The maximum absolute atomic E-state index is 12.9. The molecule has 1 N–H and O–H groups in total. The smallest absolute Gasteiger partial charge is 0.273 e. The van der Waals surface area contributed by atoms with Crippen LogP contribution >= 0.6 is 0 Å². The van der Waals surface area contributed by atoms with Gasteiger partial charge in [-0.1, -0.05) is 50.2 Å². The predicted octanol–water partition coefficient (Wildman–Crippen LogP) is 4.45. The number of nitrogens with zero attached hydrogens (tertiary/aromatic N) is 2. The van der Waals surface area contributed by atoms with E-state index in [-0.39, 0.29) is 23.1 Å². The Bertz CT molecular complexity index is 1080. The van der Waals surface area contributed by atoms with Crippen LogP contribution in [0.1, 0.15) is 48.4 Å². The Balaban J connectivity index is 1.46. The molecule has 34 heavy (non-hydrogen) atoms. The molecule has 1 aliphatic heterocycles. The number of ether oxygens (including phenoxy) is 2. The highest BCUT2D eigenvalue weighted by Crippen LogP contribution is 2.27. The second-order valence-electron chi connectivity index (χ2n) is 9.55. The molecule has 1 fully saturated rings. The van der Waals surface area contributed by atoms with Gasteiger partial charge in [0.05, 0.1) is 26.4 Å². The van der Waals surface area contributed by atoms with Crippen LogP contribution in [-0.4, -0.2) is 55.9 Å². The van der Waals surface area contributed by atoms with Crippen molar-refractivity contribution in [1.29, 1.82) is 0 Å². The molecule has 4 rings (SSSR count). The first-order valence-electron chi connectivity index (χ1n) is 11.7. The maximum atomic E-state index is 12.9. The number of hydrogen-bond acceptors (Lipinski definition) is 6. The molecule has 7 heteroatoms. The van der Waals surface area contributed by atoms with Crippen molar-refractivity contribution >= 4 is 5.91 Å². The molecule has 1 saturated heterocycles. The number of carbonyl (C=O) groups is 1. The van der Waals surface area contributed by atoms with E-state index in [0.29, 0.717) is 25.5 Å². The van der Waals surface area contributed by atoms with Gasteiger partial charge in [0.15, 0.2) is 11.5 Å². The lowest BCUT2D eigenvalue weighted by atomic mass is 9.86. The van der Waals surface area contributed by atoms with Crippen molar-refractivity contribution in [3.8, 4) is 17.1 Å². The van der Waals surface area contributed by atoms with Crippen LogP contribution in [0.15, 0.2) is 59.1 Å². The van der Waals surface area contributed by atoms with Crippen LogP contribution < -0.4 is 10.1 Å². The molecule has 2 aromatic carbocycles. The Morgan fingerprint density at radius 1 is 1.09 bits per heavy atom. The Kier molecular flexibility index (Phi) is 7.34. The van der Waals surface area contributed by atoms with Crippen LogP contribution in [0.5, 0.6) is 5.75 Å². The highest BCUT2D eigenvalue weighted by molar-refractivity contribution is 5.93. The van der Waals surface area contributed by atoms with E-state index in [2.05, 4.69) is 60.4 Å². The summed E-state index contributed by atoms with van der Waals surface area (Å²) in [5.41, 5.74) is 3.64. The number of benzene rings is 2. The summed E-state index contributed by atoms with van der Waals surface area (Å²) in [6.45, 7) is 10.1. The number of nitrogens with one attached hydrogen (secondary N) is 1. The first-order valence-corrected chi connectivity index (χ1v) is 11.7. The minimum absolute atomic E-state index is 0.0508. The Hall–Kier alpha value is -3.16. The van der Waals surface area contributed by atoms with Crippen molar-refractivity contribution in [3.63, 3.8) is 0 Å². The summed E-state index contributed by atoms with van der Waals surface area (Å²) in [5.74, 6) is 1.04. The van der Waals surface area contributed by atoms with E-state index >= 15 is 0 Å². The number of amides is 1. The molecule has 0 spiro atoms. The lowest BCUT2D eigenvalue weighted by Gasteiger charge is -2.35. The average molecular weight is 464 g/mol. The number of carbonyl (C=O) groups excluding carboxylic acids is 1. The Morgan fingerprint density at radius 2 is 1.76 bits per heavy atom. The molecule has 0 aliphatic carbocycles. The first kappa shape index (κ1) is 24.0. The van der Waals surface area contributed by atoms with Gasteiger partial charge in [0, 0.05) is 31.3 Å². The number of rotatable bonds is 7. The lowest BCUT2D eigenvalue weighted by molar-refractivity contribution is 0.0162. The van der Waals surface area contributed by atoms with Gasteiger partial charge in [0.25, 0.3) is 5.91 Å². The summed E-state index contributed by atoms with van der Waals surface area (Å²) in [5, 5.41) is 7.04. The lowest BCUT2D eigenvalue weighted by Crippen LogP contribution is -2.43. The molecule has 1 amide bonds. The van der Waals surface area contributed by atoms with Gasteiger partial charge in [-0.3, -0.25) is 9.69 Å². The molecule has 1 atom stereocenters. The Morgan fingerprint density at radius 3 is 2.38 bits per heavy atom.